The number of hydrogen-bond acceptors (Lipinski definition) is 8. The molecule has 15 heteroatoms. The summed E-state index contributed by atoms with van der Waals surface area (Å²) in [4.78, 5) is 23.5. The fourth-order valence-corrected chi connectivity index (χ4v) is 4.14. The zero-order valence-corrected chi connectivity index (χ0v) is 25.3. The molecular formula is C28H18Cl4N4NiO6. The molecule has 0 aromatic heterocycles. The molecule has 43 heavy (non-hydrogen) atoms. The summed E-state index contributed by atoms with van der Waals surface area (Å²) in [5.41, 5.74) is 4.83. The maximum absolute atomic E-state index is 11.8. The van der Waals surface area contributed by atoms with Crippen molar-refractivity contribution in [3.05, 3.63) is 115 Å². The zero-order chi connectivity index (χ0) is 30.8. The van der Waals surface area contributed by atoms with Crippen LogP contribution in [0.2, 0.25) is 20.1 Å². The zero-order valence-electron chi connectivity index (χ0n) is 21.3. The maximum atomic E-state index is 11.8. The number of carbonyl (C=O) groups is 2. The smallest absolute Gasteiger partial charge is 0.871 e. The molecule has 4 N–H and O–H groups in total. The number of nitrogens with one attached hydrogen (secondary N) is 2. The van der Waals surface area contributed by atoms with Crippen LogP contribution < -0.4 is 21.1 Å². The Morgan fingerprint density at radius 3 is 1.35 bits per heavy atom. The Kier molecular flexibility index (Phi) is 13.6. The van der Waals surface area contributed by atoms with E-state index in [1.165, 1.54) is 48.5 Å². The Morgan fingerprint density at radius 2 is 1.00 bits per heavy atom. The van der Waals surface area contributed by atoms with Crippen molar-refractivity contribution < 1.29 is 46.5 Å². The van der Waals surface area contributed by atoms with E-state index in [0.29, 0.717) is 0 Å². The average Bonchev–Trinajstić information content (AvgIpc) is 2.94. The molecule has 2 amide bonds. The number of hydrogen-bond donors (Lipinski definition) is 4. The molecule has 4 aromatic rings. The molecule has 4 aromatic carbocycles. The third-order valence-electron chi connectivity index (χ3n) is 5.11. The molecule has 0 saturated carbocycles. The van der Waals surface area contributed by atoms with Crippen LogP contribution in [0.15, 0.2) is 83.0 Å². The second-order valence-electron chi connectivity index (χ2n) is 8.04. The first-order valence-electron chi connectivity index (χ1n) is 11.5. The molecule has 0 atom stereocenters. The van der Waals surface area contributed by atoms with Crippen LogP contribution in [-0.2, 0) is 16.5 Å². The molecule has 0 saturated heterocycles. The van der Waals surface area contributed by atoms with Gasteiger partial charge in [0.15, 0.2) is 0 Å². The van der Waals surface area contributed by atoms with Crippen molar-refractivity contribution in [3.63, 3.8) is 0 Å². The number of rotatable bonds is 6. The fourth-order valence-electron chi connectivity index (χ4n) is 3.12. The first kappa shape index (κ1) is 35.2. The SMILES string of the molecule is O=C(N/N=C\c1cc(Cl)cc(Cl)c1[O-])c1ccccc1O.O=C(N/N=C\c1cc(Cl)cc(Cl)c1[O-])c1ccccc1O.[Ni+2]. The van der Waals surface area contributed by atoms with E-state index < -0.39 is 23.3 Å². The molecule has 4 rings (SSSR count). The second-order valence-corrected chi connectivity index (χ2v) is 9.73. The van der Waals surface area contributed by atoms with Crippen molar-refractivity contribution in [2.75, 3.05) is 0 Å². The van der Waals surface area contributed by atoms with E-state index in [1.807, 2.05) is 0 Å². The largest absolute Gasteiger partial charge is 2.00 e. The van der Waals surface area contributed by atoms with Gasteiger partial charge in [0.2, 0.25) is 0 Å². The summed E-state index contributed by atoms with van der Waals surface area (Å²) in [6, 6.07) is 17.4. The van der Waals surface area contributed by atoms with Crippen molar-refractivity contribution in [1.82, 2.24) is 10.9 Å². The minimum Gasteiger partial charge on any atom is -0.871 e. The van der Waals surface area contributed by atoms with Crippen LogP contribution in [0.25, 0.3) is 0 Å². The third kappa shape index (κ3) is 10.1. The number of aromatic hydroxyl groups is 2. The Balaban J connectivity index is 0.000000293. The summed E-state index contributed by atoms with van der Waals surface area (Å²) in [6.07, 6.45) is 2.27. The average molecular weight is 707 g/mol. The molecule has 0 radical (unpaired) electrons. The minimum atomic E-state index is -0.607. The molecular weight excluding hydrogens is 689 g/mol. The molecule has 0 aliphatic rings. The van der Waals surface area contributed by atoms with E-state index in [1.54, 1.807) is 24.3 Å². The van der Waals surface area contributed by atoms with Crippen LogP contribution in [0.5, 0.6) is 23.0 Å². The first-order valence-corrected chi connectivity index (χ1v) is 13.0. The standard InChI is InChI=1S/2C14H10Cl2N2O3.Ni/c2*15-9-5-8(13(20)11(16)6-9)7-17-18-14(21)10-3-1-2-4-12(10)19;/h2*1-7,19-20H,(H,18,21);/q;;+2/p-2/b2*17-7-;. The van der Waals surface area contributed by atoms with Gasteiger partial charge >= 0.3 is 16.5 Å². The van der Waals surface area contributed by atoms with Crippen molar-refractivity contribution in [2.45, 2.75) is 0 Å². The number of hydrazone groups is 2. The molecule has 0 bridgehead atoms. The van der Waals surface area contributed by atoms with Crippen LogP contribution in [0.3, 0.4) is 0 Å². The molecule has 0 aliphatic carbocycles. The number of halogens is 4. The maximum Gasteiger partial charge on any atom is 2.00 e. The molecule has 0 fully saturated rings. The van der Waals surface area contributed by atoms with Crippen molar-refractivity contribution in [1.29, 1.82) is 0 Å². The quantitative estimate of drug-likeness (QED) is 0.124. The van der Waals surface area contributed by atoms with Gasteiger partial charge < -0.3 is 20.4 Å². The predicted octanol–water partition coefficient (Wildman–Crippen LogP) is 5.07. The van der Waals surface area contributed by atoms with Gasteiger partial charge in [0.25, 0.3) is 11.8 Å². The Bertz CT molecular complexity index is 1560. The number of nitrogens with zero attached hydrogens (tertiary/aromatic N) is 2. The van der Waals surface area contributed by atoms with Crippen molar-refractivity contribution >= 4 is 70.6 Å². The van der Waals surface area contributed by atoms with Gasteiger partial charge in [-0.3, -0.25) is 9.59 Å². The Morgan fingerprint density at radius 1 is 0.651 bits per heavy atom. The molecule has 0 aliphatic heterocycles. The topological polar surface area (TPSA) is 169 Å². The van der Waals surface area contributed by atoms with Crippen molar-refractivity contribution in [3.8, 4) is 23.0 Å². The molecule has 0 spiro atoms. The molecule has 0 unspecified atom stereocenters. The number of phenolic OH excluding ortho intramolecular Hbond substituents is 2. The predicted molar refractivity (Wildman–Crippen MR) is 158 cm³/mol. The molecule has 10 nitrogen and oxygen atoms in total. The fraction of sp³-hybridized carbons (Fsp3) is 0. The van der Waals surface area contributed by atoms with Crippen LogP contribution in [-0.4, -0.2) is 34.5 Å². The van der Waals surface area contributed by atoms with E-state index in [-0.39, 0.29) is 70.3 Å². The van der Waals surface area contributed by atoms with Crippen LogP contribution >= 0.6 is 46.4 Å². The number of amides is 2. The van der Waals surface area contributed by atoms with E-state index in [0.717, 1.165) is 12.4 Å². The van der Waals surface area contributed by atoms with E-state index in [2.05, 4.69) is 21.1 Å². The normalized spacial score (nSPS) is 10.5. The van der Waals surface area contributed by atoms with Crippen LogP contribution in [0.1, 0.15) is 31.8 Å². The summed E-state index contributed by atoms with van der Waals surface area (Å²) < 4.78 is 0. The van der Waals surface area contributed by atoms with Crippen molar-refractivity contribution in [2.24, 2.45) is 10.2 Å². The summed E-state index contributed by atoms with van der Waals surface area (Å²) >= 11 is 22.9. The van der Waals surface area contributed by atoms with Crippen LogP contribution in [0.4, 0.5) is 0 Å². The van der Waals surface area contributed by atoms with Gasteiger partial charge in [0.05, 0.1) is 23.6 Å². The number of para-hydroxylation sites is 2. The Hall–Kier alpha value is -3.99. The van der Waals surface area contributed by atoms with Gasteiger partial charge in [0.1, 0.15) is 11.5 Å². The monoisotopic (exact) mass is 704 g/mol. The third-order valence-corrected chi connectivity index (χ3v) is 6.11. The van der Waals surface area contributed by atoms with Gasteiger partial charge in [-0.1, -0.05) is 82.2 Å². The molecule has 224 valence electrons. The van der Waals surface area contributed by atoms with Gasteiger partial charge in [0, 0.05) is 20.1 Å². The van der Waals surface area contributed by atoms with E-state index in [9.17, 15) is 30.0 Å². The summed E-state index contributed by atoms with van der Waals surface area (Å²) in [5.74, 6) is -2.43. The van der Waals surface area contributed by atoms with Gasteiger partial charge in [-0.2, -0.15) is 10.2 Å². The summed E-state index contributed by atoms with van der Waals surface area (Å²) in [6.45, 7) is 0. The number of carbonyl (C=O) groups excluding carboxylic acids is 2. The summed E-state index contributed by atoms with van der Waals surface area (Å²) in [7, 11) is 0. The van der Waals surface area contributed by atoms with E-state index in [4.69, 9.17) is 46.4 Å². The van der Waals surface area contributed by atoms with Gasteiger partial charge in [-0.05, 0) is 59.7 Å². The number of phenols is 2. The molecule has 0 heterocycles. The Labute approximate surface area is 275 Å². The van der Waals surface area contributed by atoms with Crippen LogP contribution in [0, 0.1) is 0 Å². The summed E-state index contributed by atoms with van der Waals surface area (Å²) in [5, 5.41) is 50.2. The van der Waals surface area contributed by atoms with E-state index >= 15 is 0 Å². The minimum absolute atomic E-state index is 0. The second kappa shape index (κ2) is 16.6. The van der Waals surface area contributed by atoms with Gasteiger partial charge in [-0.25, -0.2) is 10.9 Å². The first-order chi connectivity index (χ1) is 20.0. The number of benzene rings is 4. The van der Waals surface area contributed by atoms with Gasteiger partial charge in [-0.15, -0.1) is 0 Å².